The Kier molecular flexibility index (Phi) is 2.43. The van der Waals surface area contributed by atoms with Crippen LogP contribution in [0, 0.1) is 0 Å². The van der Waals surface area contributed by atoms with Gasteiger partial charge in [-0.25, -0.2) is 0 Å². The van der Waals surface area contributed by atoms with Crippen LogP contribution < -0.4 is 10.2 Å². The number of hydrogen-bond acceptors (Lipinski definition) is 1. The molecule has 2 heteroatoms. The molecule has 4 rings (SSSR count). The number of ether oxygens (including phenoxy) is 1. The van der Waals surface area contributed by atoms with Crippen molar-refractivity contribution in [1.29, 1.82) is 0 Å². The van der Waals surface area contributed by atoms with E-state index in [1.165, 1.54) is 5.56 Å². The molecule has 3 aromatic rings. The smallest absolute Gasteiger partial charge is 0.135 e. The van der Waals surface area contributed by atoms with Gasteiger partial charge in [-0.15, -0.1) is 0 Å². The first-order valence-corrected chi connectivity index (χ1v) is 6.59. The summed E-state index contributed by atoms with van der Waals surface area (Å²) >= 11 is 0. The van der Waals surface area contributed by atoms with E-state index < -0.39 is 0 Å². The maximum absolute atomic E-state index is 6.08. The molecule has 1 heterocycles. The zero-order chi connectivity index (χ0) is 13.5. The van der Waals surface area contributed by atoms with Gasteiger partial charge >= 0.3 is 0 Å². The van der Waals surface area contributed by atoms with Crippen molar-refractivity contribution >= 4 is 13.3 Å². The van der Waals surface area contributed by atoms with Gasteiger partial charge in [0.15, 0.2) is 0 Å². The van der Waals surface area contributed by atoms with Crippen LogP contribution in [0.1, 0.15) is 0 Å². The van der Waals surface area contributed by atoms with Gasteiger partial charge in [-0.05, 0) is 23.3 Å². The Bertz CT molecular complexity index is 808. The van der Waals surface area contributed by atoms with E-state index in [9.17, 15) is 0 Å². The van der Waals surface area contributed by atoms with Gasteiger partial charge in [-0.2, -0.15) is 0 Å². The average Bonchev–Trinajstić information content (AvgIpc) is 2.62. The second-order valence-electron chi connectivity index (χ2n) is 4.90. The third kappa shape index (κ3) is 1.65. The Morgan fingerprint density at radius 2 is 1.20 bits per heavy atom. The Morgan fingerprint density at radius 1 is 0.600 bits per heavy atom. The van der Waals surface area contributed by atoms with Crippen molar-refractivity contribution < 1.29 is 4.74 Å². The monoisotopic (exact) mass is 254 g/mol. The molecule has 0 saturated heterocycles. The van der Waals surface area contributed by atoms with Gasteiger partial charge in [0.25, 0.3) is 0 Å². The van der Waals surface area contributed by atoms with Crippen LogP contribution in [0.5, 0.6) is 11.5 Å². The minimum atomic E-state index is 0.744. The zero-order valence-electron chi connectivity index (χ0n) is 10.8. The summed E-state index contributed by atoms with van der Waals surface area (Å²) in [6.45, 7) is 0. The van der Waals surface area contributed by atoms with E-state index in [0.29, 0.717) is 0 Å². The summed E-state index contributed by atoms with van der Waals surface area (Å²) in [5.74, 6) is 1.72. The van der Waals surface area contributed by atoms with Crippen LogP contribution in [0.2, 0.25) is 0 Å². The highest BCUT2D eigenvalue weighted by Crippen LogP contribution is 2.45. The molecule has 0 unspecified atom stereocenters. The van der Waals surface area contributed by atoms with Gasteiger partial charge in [-0.1, -0.05) is 60.1 Å². The normalized spacial score (nSPS) is 11.6. The van der Waals surface area contributed by atoms with Crippen molar-refractivity contribution in [2.45, 2.75) is 0 Å². The average molecular weight is 254 g/mol. The molecule has 0 spiro atoms. The molecular formula is C18H11BO. The van der Waals surface area contributed by atoms with Crippen LogP contribution in [0.25, 0.3) is 22.3 Å². The van der Waals surface area contributed by atoms with Gasteiger partial charge in [0.1, 0.15) is 19.3 Å². The third-order valence-electron chi connectivity index (χ3n) is 3.62. The van der Waals surface area contributed by atoms with Crippen LogP contribution in [-0.4, -0.2) is 7.85 Å². The fraction of sp³-hybridized carbons (Fsp3) is 0. The first-order valence-electron chi connectivity index (χ1n) is 6.59. The molecule has 0 bridgehead atoms. The van der Waals surface area contributed by atoms with Crippen LogP contribution in [0.3, 0.4) is 0 Å². The topological polar surface area (TPSA) is 9.23 Å². The molecule has 0 atom stereocenters. The lowest BCUT2D eigenvalue weighted by atomic mass is 9.89. The summed E-state index contributed by atoms with van der Waals surface area (Å²) in [7, 11) is 5.94. The second-order valence-corrected chi connectivity index (χ2v) is 4.90. The molecule has 0 saturated carbocycles. The summed E-state index contributed by atoms with van der Waals surface area (Å²) in [5, 5.41) is 0. The summed E-state index contributed by atoms with van der Waals surface area (Å²) < 4.78 is 6.08. The highest BCUT2D eigenvalue weighted by molar-refractivity contribution is 6.32. The predicted molar refractivity (Wildman–Crippen MR) is 82.8 cm³/mol. The van der Waals surface area contributed by atoms with Crippen LogP contribution in [0.4, 0.5) is 0 Å². The van der Waals surface area contributed by atoms with Crippen molar-refractivity contribution in [3.63, 3.8) is 0 Å². The fourth-order valence-corrected chi connectivity index (χ4v) is 2.70. The molecule has 0 amide bonds. The van der Waals surface area contributed by atoms with Crippen LogP contribution >= 0.6 is 0 Å². The molecule has 0 aromatic heterocycles. The molecule has 20 heavy (non-hydrogen) atoms. The van der Waals surface area contributed by atoms with Gasteiger partial charge in [-0.3, -0.25) is 0 Å². The summed E-state index contributed by atoms with van der Waals surface area (Å²) in [4.78, 5) is 0. The first-order chi connectivity index (χ1) is 9.83. The van der Waals surface area contributed by atoms with E-state index in [1.54, 1.807) is 0 Å². The van der Waals surface area contributed by atoms with E-state index in [1.807, 2.05) is 48.5 Å². The zero-order valence-corrected chi connectivity index (χ0v) is 10.8. The Labute approximate surface area is 119 Å². The molecule has 1 nitrogen and oxygen atoms in total. The molecule has 1 aliphatic rings. The van der Waals surface area contributed by atoms with E-state index in [4.69, 9.17) is 12.6 Å². The van der Waals surface area contributed by atoms with Crippen molar-refractivity contribution in [3.8, 4) is 33.8 Å². The lowest BCUT2D eigenvalue weighted by Crippen LogP contribution is -2.01. The minimum absolute atomic E-state index is 0.744. The maximum Gasteiger partial charge on any atom is 0.135 e. The van der Waals surface area contributed by atoms with Gasteiger partial charge < -0.3 is 4.74 Å². The highest BCUT2D eigenvalue weighted by atomic mass is 16.5. The van der Waals surface area contributed by atoms with Crippen molar-refractivity contribution in [3.05, 3.63) is 66.7 Å². The molecule has 92 valence electrons. The molecule has 0 N–H and O–H groups in total. The van der Waals surface area contributed by atoms with Gasteiger partial charge in [0, 0.05) is 11.1 Å². The molecule has 0 aliphatic carbocycles. The van der Waals surface area contributed by atoms with Crippen LogP contribution in [0.15, 0.2) is 66.7 Å². The third-order valence-corrected chi connectivity index (χ3v) is 3.62. The van der Waals surface area contributed by atoms with Gasteiger partial charge in [0.2, 0.25) is 0 Å². The van der Waals surface area contributed by atoms with Gasteiger partial charge in [0.05, 0.1) is 0 Å². The lowest BCUT2D eigenvalue weighted by Gasteiger charge is -2.09. The molecule has 1 aliphatic heterocycles. The number of hydrogen-bond donors (Lipinski definition) is 0. The Hall–Kier alpha value is -2.48. The molecule has 0 fully saturated rings. The van der Waals surface area contributed by atoms with Crippen LogP contribution in [-0.2, 0) is 0 Å². The molecule has 3 aromatic carbocycles. The highest BCUT2D eigenvalue weighted by Gasteiger charge is 2.19. The largest absolute Gasteiger partial charge is 0.456 e. The van der Waals surface area contributed by atoms with E-state index >= 15 is 0 Å². The van der Waals surface area contributed by atoms with Crippen molar-refractivity contribution in [1.82, 2.24) is 0 Å². The standard InChI is InChI=1S/C18H11BO/c19-12-9-10-18-16(11-12)14-6-2-1-5-13(14)15-7-3-4-8-17(15)20-18/h1-11H. The maximum atomic E-state index is 6.08. The predicted octanol–water partition coefficient (Wildman–Crippen LogP) is 3.92. The number of para-hydroxylation sites is 1. The molecular weight excluding hydrogens is 243 g/mol. The number of fused-ring (bicyclic) bond motifs is 5. The van der Waals surface area contributed by atoms with Crippen molar-refractivity contribution in [2.24, 2.45) is 0 Å². The summed E-state index contributed by atoms with van der Waals surface area (Å²) in [5.41, 5.74) is 5.22. The quantitative estimate of drug-likeness (QED) is 0.432. The minimum Gasteiger partial charge on any atom is -0.456 e. The number of benzene rings is 3. The summed E-state index contributed by atoms with van der Waals surface area (Å²) in [6, 6.07) is 22.2. The SMILES string of the molecule is [B]c1ccc2c(c1)-c1ccccc1-c1ccccc1O2. The lowest BCUT2D eigenvalue weighted by molar-refractivity contribution is 0.488. The Morgan fingerprint density at radius 3 is 2.00 bits per heavy atom. The van der Waals surface area contributed by atoms with E-state index in [-0.39, 0.29) is 0 Å². The van der Waals surface area contributed by atoms with Crippen molar-refractivity contribution in [2.75, 3.05) is 0 Å². The molecule has 2 radical (unpaired) electrons. The van der Waals surface area contributed by atoms with E-state index in [2.05, 4.69) is 18.2 Å². The Balaban J connectivity index is 2.12. The summed E-state index contributed by atoms with van der Waals surface area (Å²) in [6.07, 6.45) is 0. The fourth-order valence-electron chi connectivity index (χ4n) is 2.70. The second kappa shape index (κ2) is 4.27. The first kappa shape index (κ1) is 11.4. The van der Waals surface area contributed by atoms with E-state index in [0.717, 1.165) is 33.7 Å². The number of rotatable bonds is 0.